The molecule has 4 heterocycles. The number of nitrogens with one attached hydrogen (secondary N) is 2. The van der Waals surface area contributed by atoms with Crippen LogP contribution in [-0.4, -0.2) is 47.9 Å². The molecule has 8 heteroatoms. The number of rotatable bonds is 4. The monoisotopic (exact) mass is 387 g/mol. The fourth-order valence-electron chi connectivity index (χ4n) is 3.90. The molecular formula is C19H25N5O2S. The Balaban J connectivity index is 1.46. The molecule has 2 aliphatic rings. The molecule has 2 fully saturated rings. The Kier molecular flexibility index (Phi) is 5.15. The van der Waals surface area contributed by atoms with Gasteiger partial charge in [0, 0.05) is 38.0 Å². The van der Waals surface area contributed by atoms with Gasteiger partial charge in [0.25, 0.3) is 0 Å². The first-order valence-electron chi connectivity index (χ1n) is 9.46. The molecule has 0 bridgehead atoms. The van der Waals surface area contributed by atoms with Crippen molar-refractivity contribution in [1.82, 2.24) is 20.5 Å². The fourth-order valence-corrected chi connectivity index (χ4v) is 4.56. The summed E-state index contributed by atoms with van der Waals surface area (Å²) in [5.41, 5.74) is 0.865. The standard InChI is InChI=1S/C19H25N5O2S/c1-2-20-18(24-7-4-6-19(13-24)9-16(25)22-12-19)21-10-14-11-26-17(23-14)15-5-3-8-27-15/h3,5,8,11H,2,4,6-7,9-10,12-13H2,1H3,(H,20,21)(H,22,25). The smallest absolute Gasteiger partial charge is 0.236 e. The van der Waals surface area contributed by atoms with E-state index in [1.54, 1.807) is 17.6 Å². The number of aromatic nitrogens is 1. The summed E-state index contributed by atoms with van der Waals surface area (Å²) in [7, 11) is 0. The first kappa shape index (κ1) is 18.0. The van der Waals surface area contributed by atoms with Gasteiger partial charge in [-0.2, -0.15) is 0 Å². The van der Waals surface area contributed by atoms with Gasteiger partial charge < -0.3 is 20.0 Å². The molecule has 2 aromatic rings. The van der Waals surface area contributed by atoms with Crippen LogP contribution in [-0.2, 0) is 11.3 Å². The van der Waals surface area contributed by atoms with Gasteiger partial charge in [-0.25, -0.2) is 9.98 Å². The zero-order valence-corrected chi connectivity index (χ0v) is 16.3. The molecule has 144 valence electrons. The zero-order chi connectivity index (χ0) is 18.7. The van der Waals surface area contributed by atoms with Crippen molar-refractivity contribution >= 4 is 23.2 Å². The van der Waals surface area contributed by atoms with E-state index in [0.717, 1.165) is 55.6 Å². The lowest BCUT2D eigenvalue weighted by atomic mass is 9.79. The summed E-state index contributed by atoms with van der Waals surface area (Å²) in [6.07, 6.45) is 4.47. The summed E-state index contributed by atoms with van der Waals surface area (Å²) in [5.74, 6) is 1.70. The molecule has 1 amide bonds. The lowest BCUT2D eigenvalue weighted by Crippen LogP contribution is -2.51. The molecule has 2 aliphatic heterocycles. The maximum Gasteiger partial charge on any atom is 0.236 e. The SMILES string of the molecule is CCNC(=NCc1coc(-c2cccs2)n1)N1CCCC2(CNC(=O)C2)C1. The van der Waals surface area contributed by atoms with Crippen LogP contribution in [0.15, 0.2) is 33.2 Å². The molecule has 2 saturated heterocycles. The number of likely N-dealkylation sites (tertiary alicyclic amines) is 1. The predicted molar refractivity (Wildman–Crippen MR) is 105 cm³/mol. The molecule has 0 saturated carbocycles. The van der Waals surface area contributed by atoms with Gasteiger partial charge in [0.05, 0.1) is 11.4 Å². The summed E-state index contributed by atoms with van der Waals surface area (Å²) >= 11 is 1.61. The number of hydrogen-bond acceptors (Lipinski definition) is 5. The van der Waals surface area contributed by atoms with Crippen LogP contribution >= 0.6 is 11.3 Å². The summed E-state index contributed by atoms with van der Waals surface area (Å²) in [5, 5.41) is 8.40. The van der Waals surface area contributed by atoms with E-state index >= 15 is 0 Å². The van der Waals surface area contributed by atoms with Crippen LogP contribution < -0.4 is 10.6 Å². The molecular weight excluding hydrogens is 362 g/mol. The number of oxazole rings is 1. The van der Waals surface area contributed by atoms with Crippen molar-refractivity contribution in [1.29, 1.82) is 0 Å². The highest BCUT2D eigenvalue weighted by Gasteiger charge is 2.42. The van der Waals surface area contributed by atoms with E-state index in [0.29, 0.717) is 18.9 Å². The second-order valence-electron chi connectivity index (χ2n) is 7.27. The molecule has 2 N–H and O–H groups in total. The van der Waals surface area contributed by atoms with Crippen LogP contribution in [0.25, 0.3) is 10.8 Å². The van der Waals surface area contributed by atoms with Gasteiger partial charge in [-0.05, 0) is 31.2 Å². The van der Waals surface area contributed by atoms with E-state index in [1.807, 2.05) is 17.5 Å². The maximum atomic E-state index is 11.7. The van der Waals surface area contributed by atoms with Crippen molar-refractivity contribution in [2.24, 2.45) is 10.4 Å². The molecule has 0 aliphatic carbocycles. The van der Waals surface area contributed by atoms with E-state index in [1.165, 1.54) is 0 Å². The summed E-state index contributed by atoms with van der Waals surface area (Å²) < 4.78 is 5.59. The molecule has 1 unspecified atom stereocenters. The second-order valence-corrected chi connectivity index (χ2v) is 8.22. The van der Waals surface area contributed by atoms with E-state index in [4.69, 9.17) is 9.41 Å². The van der Waals surface area contributed by atoms with Crippen LogP contribution in [0, 0.1) is 5.41 Å². The van der Waals surface area contributed by atoms with Crippen LogP contribution in [0.5, 0.6) is 0 Å². The number of guanidine groups is 1. The Labute approximate surface area is 162 Å². The van der Waals surface area contributed by atoms with Crippen molar-refractivity contribution in [3.05, 3.63) is 29.5 Å². The average molecular weight is 388 g/mol. The van der Waals surface area contributed by atoms with Gasteiger partial charge in [-0.1, -0.05) is 6.07 Å². The first-order valence-corrected chi connectivity index (χ1v) is 10.3. The van der Waals surface area contributed by atoms with Gasteiger partial charge in [0.15, 0.2) is 5.96 Å². The first-order chi connectivity index (χ1) is 13.2. The minimum Gasteiger partial charge on any atom is -0.443 e. The third kappa shape index (κ3) is 4.00. The Bertz CT molecular complexity index is 816. The minimum atomic E-state index is 0.0474. The van der Waals surface area contributed by atoms with E-state index in [-0.39, 0.29) is 11.3 Å². The van der Waals surface area contributed by atoms with E-state index < -0.39 is 0 Å². The average Bonchev–Trinajstić information content (AvgIpc) is 3.40. The lowest BCUT2D eigenvalue weighted by molar-refractivity contribution is -0.119. The van der Waals surface area contributed by atoms with Crippen molar-refractivity contribution in [3.8, 4) is 10.8 Å². The Hall–Kier alpha value is -2.35. The number of piperidine rings is 1. The molecule has 0 aromatic carbocycles. The van der Waals surface area contributed by atoms with Crippen molar-refractivity contribution < 1.29 is 9.21 Å². The Morgan fingerprint density at radius 1 is 1.56 bits per heavy atom. The number of nitrogens with zero attached hydrogens (tertiary/aromatic N) is 3. The third-order valence-electron chi connectivity index (χ3n) is 5.17. The highest BCUT2D eigenvalue weighted by atomic mass is 32.1. The number of carbonyl (C=O) groups excluding carboxylic acids is 1. The molecule has 7 nitrogen and oxygen atoms in total. The van der Waals surface area contributed by atoms with E-state index in [2.05, 4.69) is 27.4 Å². The molecule has 4 rings (SSSR count). The number of amides is 1. The van der Waals surface area contributed by atoms with Gasteiger partial charge in [-0.15, -0.1) is 11.3 Å². The minimum absolute atomic E-state index is 0.0474. The quantitative estimate of drug-likeness (QED) is 0.622. The number of carbonyl (C=O) groups is 1. The topological polar surface area (TPSA) is 82.8 Å². The fraction of sp³-hybridized carbons (Fsp3) is 0.526. The number of hydrogen-bond donors (Lipinski definition) is 2. The molecule has 2 aromatic heterocycles. The van der Waals surface area contributed by atoms with Crippen LogP contribution in [0.3, 0.4) is 0 Å². The Morgan fingerprint density at radius 3 is 3.22 bits per heavy atom. The Morgan fingerprint density at radius 2 is 2.48 bits per heavy atom. The van der Waals surface area contributed by atoms with Gasteiger partial charge in [0.2, 0.25) is 11.8 Å². The molecule has 1 spiro atoms. The summed E-state index contributed by atoms with van der Waals surface area (Å²) in [6.45, 7) is 5.94. The number of thiophene rings is 1. The largest absolute Gasteiger partial charge is 0.443 e. The summed E-state index contributed by atoms with van der Waals surface area (Å²) in [6, 6.07) is 3.98. The molecule has 0 radical (unpaired) electrons. The van der Waals surface area contributed by atoms with Crippen LogP contribution in [0.4, 0.5) is 0 Å². The van der Waals surface area contributed by atoms with Crippen molar-refractivity contribution in [2.45, 2.75) is 32.7 Å². The van der Waals surface area contributed by atoms with Crippen LogP contribution in [0.1, 0.15) is 31.9 Å². The van der Waals surface area contributed by atoms with Gasteiger partial charge in [-0.3, -0.25) is 4.79 Å². The molecule has 1 atom stereocenters. The van der Waals surface area contributed by atoms with Gasteiger partial charge >= 0.3 is 0 Å². The second kappa shape index (κ2) is 7.72. The lowest BCUT2D eigenvalue weighted by Gasteiger charge is -2.40. The summed E-state index contributed by atoms with van der Waals surface area (Å²) in [4.78, 5) is 24.4. The van der Waals surface area contributed by atoms with Crippen molar-refractivity contribution in [2.75, 3.05) is 26.2 Å². The highest BCUT2D eigenvalue weighted by molar-refractivity contribution is 7.13. The van der Waals surface area contributed by atoms with E-state index in [9.17, 15) is 4.79 Å². The van der Waals surface area contributed by atoms with Crippen LogP contribution in [0.2, 0.25) is 0 Å². The highest BCUT2D eigenvalue weighted by Crippen LogP contribution is 2.36. The maximum absolute atomic E-state index is 11.7. The normalized spacial score (nSPS) is 23.1. The van der Waals surface area contributed by atoms with Crippen molar-refractivity contribution in [3.63, 3.8) is 0 Å². The third-order valence-corrected chi connectivity index (χ3v) is 6.02. The number of aliphatic imine (C=N–C) groups is 1. The zero-order valence-electron chi connectivity index (χ0n) is 15.5. The van der Waals surface area contributed by atoms with Gasteiger partial charge in [0.1, 0.15) is 12.0 Å². The predicted octanol–water partition coefficient (Wildman–Crippen LogP) is 2.47. The molecule has 27 heavy (non-hydrogen) atoms.